The van der Waals surface area contributed by atoms with Crippen LogP contribution in [0.3, 0.4) is 0 Å². The van der Waals surface area contributed by atoms with Crippen LogP contribution in [-0.2, 0) is 4.79 Å². The number of carbonyl (C=O) groups is 1. The van der Waals surface area contributed by atoms with Crippen LogP contribution in [0.15, 0.2) is 30.3 Å². The first kappa shape index (κ1) is 14.6. The van der Waals surface area contributed by atoms with E-state index >= 15 is 0 Å². The van der Waals surface area contributed by atoms with Crippen LogP contribution >= 0.6 is 0 Å². The van der Waals surface area contributed by atoms with Crippen molar-refractivity contribution in [1.29, 1.82) is 0 Å². The molecular formula is C18H26N2O. The molecule has 1 aromatic carbocycles. The van der Waals surface area contributed by atoms with Gasteiger partial charge in [0.25, 0.3) is 0 Å². The van der Waals surface area contributed by atoms with E-state index in [2.05, 4.69) is 50.0 Å². The molecule has 3 heteroatoms. The Morgan fingerprint density at radius 1 is 1.19 bits per heavy atom. The summed E-state index contributed by atoms with van der Waals surface area (Å²) in [6.45, 7) is 8.68. The molecule has 3 nitrogen and oxygen atoms in total. The quantitative estimate of drug-likeness (QED) is 0.921. The summed E-state index contributed by atoms with van der Waals surface area (Å²) >= 11 is 0. The summed E-state index contributed by atoms with van der Waals surface area (Å²) in [6, 6.07) is 10.3. The van der Waals surface area contributed by atoms with E-state index in [0.717, 1.165) is 0 Å². The Morgan fingerprint density at radius 3 is 2.33 bits per heavy atom. The van der Waals surface area contributed by atoms with Crippen LogP contribution in [-0.4, -0.2) is 22.4 Å². The van der Waals surface area contributed by atoms with Gasteiger partial charge < -0.3 is 4.90 Å². The molecule has 2 atom stereocenters. The lowest BCUT2D eigenvalue weighted by molar-refractivity contribution is -0.136. The maximum absolute atomic E-state index is 13.0. The highest BCUT2D eigenvalue weighted by Gasteiger charge is 2.52. The first-order chi connectivity index (χ1) is 9.93. The SMILES string of the molecule is CC(C)C1NC(c2ccccc2)N(C(C)(C)C2CC2)C1=O. The highest BCUT2D eigenvalue weighted by atomic mass is 16.2. The molecule has 0 bridgehead atoms. The van der Waals surface area contributed by atoms with Crippen molar-refractivity contribution in [2.75, 3.05) is 0 Å². The Labute approximate surface area is 127 Å². The average Bonchev–Trinajstić information content (AvgIpc) is 3.23. The van der Waals surface area contributed by atoms with Crippen LogP contribution in [0.25, 0.3) is 0 Å². The molecule has 114 valence electrons. The second-order valence-corrected chi connectivity index (χ2v) is 7.34. The van der Waals surface area contributed by atoms with Crippen LogP contribution in [0.5, 0.6) is 0 Å². The molecule has 0 spiro atoms. The van der Waals surface area contributed by atoms with Crippen molar-refractivity contribution in [1.82, 2.24) is 10.2 Å². The summed E-state index contributed by atoms with van der Waals surface area (Å²) in [4.78, 5) is 15.1. The van der Waals surface area contributed by atoms with Gasteiger partial charge in [-0.15, -0.1) is 0 Å². The van der Waals surface area contributed by atoms with Crippen molar-refractivity contribution >= 4 is 5.91 Å². The van der Waals surface area contributed by atoms with Gasteiger partial charge in [-0.1, -0.05) is 44.2 Å². The fourth-order valence-electron chi connectivity index (χ4n) is 3.55. The first-order valence-corrected chi connectivity index (χ1v) is 8.07. The Balaban J connectivity index is 1.97. The molecule has 0 radical (unpaired) electrons. The van der Waals surface area contributed by atoms with Gasteiger partial charge in [0.1, 0.15) is 6.17 Å². The topological polar surface area (TPSA) is 32.3 Å². The van der Waals surface area contributed by atoms with Crippen molar-refractivity contribution in [3.05, 3.63) is 35.9 Å². The van der Waals surface area contributed by atoms with E-state index in [-0.39, 0.29) is 23.7 Å². The second kappa shape index (κ2) is 5.13. The Kier molecular flexibility index (Phi) is 3.56. The van der Waals surface area contributed by atoms with E-state index in [4.69, 9.17) is 0 Å². The standard InChI is InChI=1S/C18H26N2O/c1-12(2)15-17(21)20(18(3,4)14-10-11-14)16(19-15)13-8-6-5-7-9-13/h5-9,12,14-16,19H,10-11H2,1-4H3. The number of nitrogens with zero attached hydrogens (tertiary/aromatic N) is 1. The molecule has 2 unspecified atom stereocenters. The molecule has 1 aliphatic heterocycles. The van der Waals surface area contributed by atoms with Gasteiger partial charge in [-0.25, -0.2) is 0 Å². The molecule has 21 heavy (non-hydrogen) atoms. The number of nitrogens with one attached hydrogen (secondary N) is 1. The van der Waals surface area contributed by atoms with Crippen molar-refractivity contribution < 1.29 is 4.79 Å². The molecular weight excluding hydrogens is 260 g/mol. The lowest BCUT2D eigenvalue weighted by Gasteiger charge is -2.40. The van der Waals surface area contributed by atoms with Crippen LogP contribution in [0.1, 0.15) is 52.3 Å². The molecule has 1 aliphatic carbocycles. The lowest BCUT2D eigenvalue weighted by atomic mass is 9.94. The van der Waals surface area contributed by atoms with Gasteiger partial charge in [0.2, 0.25) is 5.91 Å². The smallest absolute Gasteiger partial charge is 0.242 e. The molecule has 2 fully saturated rings. The number of hydrogen-bond acceptors (Lipinski definition) is 2. The minimum atomic E-state index is -0.0757. The summed E-state index contributed by atoms with van der Waals surface area (Å²) < 4.78 is 0. The van der Waals surface area contributed by atoms with Gasteiger partial charge in [0.05, 0.1) is 6.04 Å². The normalized spacial score (nSPS) is 26.7. The van der Waals surface area contributed by atoms with Crippen molar-refractivity contribution in [2.45, 2.75) is 58.3 Å². The monoisotopic (exact) mass is 286 g/mol. The van der Waals surface area contributed by atoms with Gasteiger partial charge in [-0.05, 0) is 44.1 Å². The summed E-state index contributed by atoms with van der Waals surface area (Å²) in [5, 5.41) is 3.57. The fourth-order valence-corrected chi connectivity index (χ4v) is 3.55. The summed E-state index contributed by atoms with van der Waals surface area (Å²) in [7, 11) is 0. The zero-order chi connectivity index (χ0) is 15.2. The maximum Gasteiger partial charge on any atom is 0.242 e. The Hall–Kier alpha value is -1.35. The minimum absolute atomic E-state index is 0.00157. The molecule has 1 aromatic rings. The Bertz CT molecular complexity index is 519. The fraction of sp³-hybridized carbons (Fsp3) is 0.611. The number of benzene rings is 1. The van der Waals surface area contributed by atoms with Crippen LogP contribution < -0.4 is 5.32 Å². The van der Waals surface area contributed by atoms with E-state index in [1.54, 1.807) is 0 Å². The molecule has 3 rings (SSSR count). The van der Waals surface area contributed by atoms with Crippen LogP contribution in [0.2, 0.25) is 0 Å². The molecule has 1 saturated carbocycles. The molecule has 1 heterocycles. The highest BCUT2D eigenvalue weighted by molar-refractivity contribution is 5.85. The van der Waals surface area contributed by atoms with Gasteiger partial charge >= 0.3 is 0 Å². The summed E-state index contributed by atoms with van der Waals surface area (Å²) in [5.74, 6) is 1.21. The van der Waals surface area contributed by atoms with E-state index in [1.807, 2.05) is 18.2 Å². The van der Waals surface area contributed by atoms with E-state index in [1.165, 1.54) is 18.4 Å². The number of amides is 1. The van der Waals surface area contributed by atoms with Gasteiger partial charge in [-0.3, -0.25) is 10.1 Å². The van der Waals surface area contributed by atoms with Gasteiger partial charge in [-0.2, -0.15) is 0 Å². The summed E-state index contributed by atoms with van der Waals surface area (Å²) in [5.41, 5.74) is 1.11. The van der Waals surface area contributed by atoms with E-state index in [0.29, 0.717) is 11.8 Å². The summed E-state index contributed by atoms with van der Waals surface area (Å²) in [6.07, 6.45) is 2.48. The van der Waals surface area contributed by atoms with E-state index in [9.17, 15) is 4.79 Å². The molecule has 1 amide bonds. The Morgan fingerprint density at radius 2 is 1.81 bits per heavy atom. The predicted octanol–water partition coefficient (Wildman–Crippen LogP) is 3.33. The zero-order valence-electron chi connectivity index (χ0n) is 13.5. The maximum atomic E-state index is 13.0. The van der Waals surface area contributed by atoms with Gasteiger partial charge in [0.15, 0.2) is 0 Å². The molecule has 1 saturated heterocycles. The average molecular weight is 286 g/mol. The molecule has 2 aliphatic rings. The largest absolute Gasteiger partial charge is 0.316 e. The van der Waals surface area contributed by atoms with E-state index < -0.39 is 0 Å². The second-order valence-electron chi connectivity index (χ2n) is 7.34. The lowest BCUT2D eigenvalue weighted by Crippen LogP contribution is -2.49. The number of hydrogen-bond donors (Lipinski definition) is 1. The third-order valence-electron chi connectivity index (χ3n) is 5.08. The highest BCUT2D eigenvalue weighted by Crippen LogP contribution is 2.47. The van der Waals surface area contributed by atoms with Crippen molar-refractivity contribution in [2.24, 2.45) is 11.8 Å². The number of carbonyl (C=O) groups excluding carboxylic acids is 1. The zero-order valence-corrected chi connectivity index (χ0v) is 13.5. The van der Waals surface area contributed by atoms with Gasteiger partial charge in [0, 0.05) is 5.54 Å². The predicted molar refractivity (Wildman–Crippen MR) is 84.6 cm³/mol. The minimum Gasteiger partial charge on any atom is -0.316 e. The van der Waals surface area contributed by atoms with Crippen LogP contribution in [0, 0.1) is 11.8 Å². The third kappa shape index (κ3) is 2.48. The third-order valence-corrected chi connectivity index (χ3v) is 5.08. The van der Waals surface area contributed by atoms with Crippen LogP contribution in [0.4, 0.5) is 0 Å². The first-order valence-electron chi connectivity index (χ1n) is 8.07. The molecule has 1 N–H and O–H groups in total. The number of rotatable bonds is 4. The van der Waals surface area contributed by atoms with Crippen molar-refractivity contribution in [3.8, 4) is 0 Å². The molecule has 0 aromatic heterocycles. The van der Waals surface area contributed by atoms with Crippen molar-refractivity contribution in [3.63, 3.8) is 0 Å².